The van der Waals surface area contributed by atoms with Crippen molar-refractivity contribution in [3.63, 3.8) is 0 Å². The average molecular weight is 412 g/mol. The summed E-state index contributed by atoms with van der Waals surface area (Å²) >= 11 is 1.64. The van der Waals surface area contributed by atoms with Crippen molar-refractivity contribution in [3.05, 3.63) is 33.6 Å². The number of nitrogens with zero attached hydrogens (tertiary/aromatic N) is 3. The first-order valence-corrected chi connectivity index (χ1v) is 11.2. The van der Waals surface area contributed by atoms with Gasteiger partial charge < -0.3 is 15.8 Å². The van der Waals surface area contributed by atoms with Gasteiger partial charge in [-0.3, -0.25) is 4.99 Å². The van der Waals surface area contributed by atoms with Crippen LogP contribution in [-0.2, 0) is 6.42 Å². The fourth-order valence-electron chi connectivity index (χ4n) is 3.87. The summed E-state index contributed by atoms with van der Waals surface area (Å²) in [5.41, 5.74) is 9.24. The Morgan fingerprint density at radius 2 is 2.24 bits per heavy atom. The third kappa shape index (κ3) is 4.51. The Hall–Kier alpha value is -2.25. The molecular weight excluding hydrogens is 382 g/mol. The molecule has 3 heterocycles. The van der Waals surface area contributed by atoms with Gasteiger partial charge >= 0.3 is 0 Å². The lowest BCUT2D eigenvalue weighted by Gasteiger charge is -2.23. The first kappa shape index (κ1) is 20.0. The van der Waals surface area contributed by atoms with E-state index in [4.69, 9.17) is 15.5 Å². The minimum absolute atomic E-state index is 0.124. The van der Waals surface area contributed by atoms with Gasteiger partial charge in [-0.2, -0.15) is 0 Å². The Morgan fingerprint density at radius 3 is 2.97 bits per heavy atom. The summed E-state index contributed by atoms with van der Waals surface area (Å²) in [7, 11) is 0. The summed E-state index contributed by atoms with van der Waals surface area (Å²) in [6.45, 7) is 8.66. The number of aromatic nitrogens is 1. The first-order chi connectivity index (χ1) is 14.0. The zero-order chi connectivity index (χ0) is 20.4. The summed E-state index contributed by atoms with van der Waals surface area (Å²) in [4.78, 5) is 15.2. The molecule has 29 heavy (non-hydrogen) atoms. The van der Waals surface area contributed by atoms with Crippen molar-refractivity contribution < 1.29 is 4.74 Å². The number of benzene rings is 1. The maximum atomic E-state index is 6.12. The number of rotatable bonds is 3. The number of fused-ring (bicyclic) bond motifs is 3. The molecule has 1 aromatic heterocycles. The number of piperidine rings is 1. The van der Waals surface area contributed by atoms with Crippen LogP contribution >= 0.6 is 11.3 Å². The Kier molecular flexibility index (Phi) is 5.96. The van der Waals surface area contributed by atoms with E-state index in [1.807, 2.05) is 13.8 Å². The summed E-state index contributed by atoms with van der Waals surface area (Å²) in [6.07, 6.45) is 3.28. The highest BCUT2D eigenvalue weighted by atomic mass is 32.1. The molecule has 6 nitrogen and oxygen atoms in total. The second-order valence-electron chi connectivity index (χ2n) is 7.99. The van der Waals surface area contributed by atoms with Crippen molar-refractivity contribution in [2.24, 2.45) is 15.7 Å². The maximum Gasteiger partial charge on any atom is 0.186 e. The summed E-state index contributed by atoms with van der Waals surface area (Å²) in [5, 5.41) is 4.32. The zero-order valence-electron chi connectivity index (χ0n) is 17.4. The molecule has 0 radical (unpaired) electrons. The number of nitrogens with two attached hydrogens (primary N) is 1. The van der Waals surface area contributed by atoms with E-state index in [2.05, 4.69) is 33.5 Å². The highest BCUT2D eigenvalue weighted by Crippen LogP contribution is 2.40. The van der Waals surface area contributed by atoms with Crippen LogP contribution in [0.2, 0.25) is 0 Å². The predicted molar refractivity (Wildman–Crippen MR) is 121 cm³/mol. The van der Waals surface area contributed by atoms with Crippen molar-refractivity contribution in [2.45, 2.75) is 52.0 Å². The summed E-state index contributed by atoms with van der Waals surface area (Å²) < 4.78 is 6.12. The van der Waals surface area contributed by atoms with Crippen molar-refractivity contribution in [2.75, 3.05) is 19.7 Å². The van der Waals surface area contributed by atoms with Crippen LogP contribution in [0, 0.1) is 0 Å². The molecule has 1 atom stereocenters. The largest absolute Gasteiger partial charge is 0.492 e. The third-order valence-electron chi connectivity index (χ3n) is 5.17. The monoisotopic (exact) mass is 411 g/mol. The number of aliphatic imine (C=N–C) groups is 2. The van der Waals surface area contributed by atoms with Crippen molar-refractivity contribution >= 4 is 23.0 Å². The van der Waals surface area contributed by atoms with Gasteiger partial charge in [-0.25, -0.2) is 9.98 Å². The molecule has 1 fully saturated rings. The van der Waals surface area contributed by atoms with Crippen LogP contribution in [0.25, 0.3) is 11.3 Å². The van der Waals surface area contributed by atoms with E-state index in [-0.39, 0.29) is 6.04 Å². The highest BCUT2D eigenvalue weighted by molar-refractivity contribution is 7.14. The van der Waals surface area contributed by atoms with Gasteiger partial charge in [0.1, 0.15) is 5.75 Å². The van der Waals surface area contributed by atoms with E-state index < -0.39 is 0 Å². The molecule has 3 N–H and O–H groups in total. The lowest BCUT2D eigenvalue weighted by molar-refractivity contribution is 0.326. The maximum absolute atomic E-state index is 6.12. The van der Waals surface area contributed by atoms with Gasteiger partial charge in [0.25, 0.3) is 0 Å². The number of nitrogens with one attached hydrogen (secondary N) is 1. The van der Waals surface area contributed by atoms with E-state index >= 15 is 0 Å². The molecule has 1 aromatic carbocycles. The van der Waals surface area contributed by atoms with Crippen LogP contribution in [0.15, 0.2) is 28.2 Å². The zero-order valence-corrected chi connectivity index (χ0v) is 18.2. The van der Waals surface area contributed by atoms with Gasteiger partial charge in [0.2, 0.25) is 0 Å². The number of thiazole rings is 1. The van der Waals surface area contributed by atoms with E-state index in [1.54, 1.807) is 18.3 Å². The normalized spacial score (nSPS) is 20.1. The van der Waals surface area contributed by atoms with Gasteiger partial charge in [-0.1, -0.05) is 6.07 Å². The molecule has 0 unspecified atom stereocenters. The molecule has 2 aliphatic rings. The lowest BCUT2D eigenvalue weighted by Crippen LogP contribution is -2.28. The van der Waals surface area contributed by atoms with E-state index in [0.29, 0.717) is 24.2 Å². The summed E-state index contributed by atoms with van der Waals surface area (Å²) in [6, 6.07) is 6.74. The molecular formula is C22H29N5OS. The minimum atomic E-state index is 0.124. The summed E-state index contributed by atoms with van der Waals surface area (Å²) in [5.74, 6) is 2.59. The molecule has 154 valence electrons. The molecule has 0 bridgehead atoms. The molecule has 2 aromatic rings. The van der Waals surface area contributed by atoms with Gasteiger partial charge in [-0.05, 0) is 63.8 Å². The standard InChI is InChI=1S/C22H29N5OS/c1-13(2)25-21(26-14(3)23)22-27-20-17-7-6-15(16-5-4-9-24-12-16)11-18(17)28-10-8-19(20)29-22/h6-7,11,13,16,24H,4-5,8-10,12H2,1-3H3,(H2,23,25,26)/t16-/m0/s1. The predicted octanol–water partition coefficient (Wildman–Crippen LogP) is 3.74. The SMILES string of the molecule is CC(N)=NC(=NC(C)C)c1nc2c(s1)CCOc1cc([C@H]3CCCNC3)ccc1-2. The Morgan fingerprint density at radius 1 is 1.38 bits per heavy atom. The molecule has 0 amide bonds. The number of hydrogen-bond donors (Lipinski definition) is 2. The van der Waals surface area contributed by atoms with Gasteiger partial charge in [-0.15, -0.1) is 11.3 Å². The van der Waals surface area contributed by atoms with Gasteiger partial charge in [0.05, 0.1) is 18.1 Å². The Labute approximate surface area is 176 Å². The van der Waals surface area contributed by atoms with E-state index in [9.17, 15) is 0 Å². The second kappa shape index (κ2) is 8.63. The van der Waals surface area contributed by atoms with Crippen LogP contribution in [-0.4, -0.2) is 42.4 Å². The molecule has 4 rings (SSSR count). The number of amidine groups is 2. The van der Waals surface area contributed by atoms with Crippen molar-refractivity contribution in [1.29, 1.82) is 0 Å². The van der Waals surface area contributed by atoms with Gasteiger partial charge in [0, 0.05) is 29.4 Å². The fraction of sp³-hybridized carbons (Fsp3) is 0.500. The van der Waals surface area contributed by atoms with Crippen LogP contribution in [0.1, 0.15) is 55.0 Å². The lowest BCUT2D eigenvalue weighted by atomic mass is 9.90. The molecule has 7 heteroatoms. The average Bonchev–Trinajstić information content (AvgIpc) is 3.04. The molecule has 1 saturated heterocycles. The first-order valence-electron chi connectivity index (χ1n) is 10.4. The molecule has 0 aliphatic carbocycles. The van der Waals surface area contributed by atoms with E-state index in [1.165, 1.54) is 23.3 Å². The fourth-order valence-corrected chi connectivity index (χ4v) is 4.87. The van der Waals surface area contributed by atoms with Gasteiger partial charge in [0.15, 0.2) is 10.8 Å². The molecule has 2 aliphatic heterocycles. The Balaban J connectivity index is 1.72. The quantitative estimate of drug-likeness (QED) is 0.595. The Bertz CT molecular complexity index is 937. The van der Waals surface area contributed by atoms with Crippen LogP contribution in [0.3, 0.4) is 0 Å². The number of ether oxygens (including phenoxy) is 1. The molecule has 0 spiro atoms. The minimum Gasteiger partial charge on any atom is -0.492 e. The van der Waals surface area contributed by atoms with Crippen molar-refractivity contribution in [3.8, 4) is 17.0 Å². The third-order valence-corrected chi connectivity index (χ3v) is 6.28. The number of hydrogen-bond acceptors (Lipinski definition) is 5. The van der Waals surface area contributed by atoms with Crippen molar-refractivity contribution in [1.82, 2.24) is 10.3 Å². The van der Waals surface area contributed by atoms with Crippen LogP contribution in [0.5, 0.6) is 5.75 Å². The van der Waals surface area contributed by atoms with Crippen LogP contribution < -0.4 is 15.8 Å². The topological polar surface area (TPSA) is 84.9 Å². The smallest absolute Gasteiger partial charge is 0.186 e. The second-order valence-corrected chi connectivity index (χ2v) is 9.07. The molecule has 0 saturated carbocycles. The van der Waals surface area contributed by atoms with E-state index in [0.717, 1.165) is 41.5 Å². The van der Waals surface area contributed by atoms with Crippen LogP contribution in [0.4, 0.5) is 0 Å². The highest BCUT2D eigenvalue weighted by Gasteiger charge is 2.24.